The third-order valence-corrected chi connectivity index (χ3v) is 5.64. The third kappa shape index (κ3) is 5.17. The minimum Gasteiger partial charge on any atom is -0.354 e. The second-order valence-corrected chi connectivity index (χ2v) is 8.09. The fourth-order valence-electron chi connectivity index (χ4n) is 4.01. The molecule has 8 heteroatoms. The lowest BCUT2D eigenvalue weighted by Gasteiger charge is -2.18. The number of urea groups is 1. The van der Waals surface area contributed by atoms with Crippen molar-refractivity contribution in [1.82, 2.24) is 25.3 Å². The highest BCUT2D eigenvalue weighted by atomic mass is 16.2. The number of benzene rings is 2. The molecule has 0 radical (unpaired) electrons. The van der Waals surface area contributed by atoms with Crippen molar-refractivity contribution in [2.24, 2.45) is 0 Å². The monoisotopic (exact) mass is 439 g/mol. The van der Waals surface area contributed by atoms with Gasteiger partial charge in [-0.15, -0.1) is 5.10 Å². The smallest absolute Gasteiger partial charge is 0.319 e. The summed E-state index contributed by atoms with van der Waals surface area (Å²) in [6.45, 7) is 2.27. The van der Waals surface area contributed by atoms with Crippen LogP contribution >= 0.6 is 0 Å². The molecule has 1 aliphatic rings. The molecule has 2 N–H and O–H groups in total. The van der Waals surface area contributed by atoms with Crippen LogP contribution in [0.3, 0.4) is 0 Å². The van der Waals surface area contributed by atoms with Crippen LogP contribution < -0.4 is 15.5 Å². The summed E-state index contributed by atoms with van der Waals surface area (Å²) in [4.78, 5) is 19.2. The van der Waals surface area contributed by atoms with Crippen LogP contribution in [-0.4, -0.2) is 45.1 Å². The maximum Gasteiger partial charge on any atom is 0.319 e. The van der Waals surface area contributed by atoms with Crippen LogP contribution in [0.2, 0.25) is 0 Å². The van der Waals surface area contributed by atoms with E-state index in [0.717, 1.165) is 42.1 Å². The van der Waals surface area contributed by atoms with Crippen LogP contribution in [0, 0.1) is 0 Å². The largest absolute Gasteiger partial charge is 0.354 e. The maximum atomic E-state index is 12.6. The normalized spacial score (nSPS) is 15.4. The zero-order chi connectivity index (χ0) is 22.5. The van der Waals surface area contributed by atoms with E-state index in [0.29, 0.717) is 12.2 Å². The van der Waals surface area contributed by atoms with E-state index in [1.54, 1.807) is 6.20 Å². The highest BCUT2D eigenvalue weighted by molar-refractivity contribution is 5.90. The van der Waals surface area contributed by atoms with E-state index in [1.165, 1.54) is 0 Å². The van der Waals surface area contributed by atoms with Gasteiger partial charge in [-0.3, -0.25) is 0 Å². The van der Waals surface area contributed by atoms with Crippen LogP contribution in [0.1, 0.15) is 12.0 Å². The molecule has 8 nitrogen and oxygen atoms in total. The number of amides is 2. The lowest BCUT2D eigenvalue weighted by molar-refractivity contribution is 0.249. The summed E-state index contributed by atoms with van der Waals surface area (Å²) in [6, 6.07) is 23.5. The highest BCUT2D eigenvalue weighted by Crippen LogP contribution is 2.21. The summed E-state index contributed by atoms with van der Waals surface area (Å²) in [5.74, 6) is 0.940. The first-order valence-corrected chi connectivity index (χ1v) is 11.0. The van der Waals surface area contributed by atoms with E-state index in [9.17, 15) is 4.79 Å². The Hall–Kier alpha value is -4.20. The van der Waals surface area contributed by atoms with Gasteiger partial charge < -0.3 is 15.5 Å². The molecule has 0 spiro atoms. The second-order valence-electron chi connectivity index (χ2n) is 8.09. The topological polar surface area (TPSA) is 88.0 Å². The Morgan fingerprint density at radius 1 is 1.03 bits per heavy atom. The van der Waals surface area contributed by atoms with Crippen LogP contribution in [0.25, 0.3) is 11.3 Å². The Morgan fingerprint density at radius 2 is 1.91 bits per heavy atom. The van der Waals surface area contributed by atoms with E-state index >= 15 is 0 Å². The number of nitrogens with one attached hydrogen (secondary N) is 2. The number of nitrogens with zero attached hydrogens (tertiary/aromatic N) is 5. The molecule has 1 unspecified atom stereocenters. The minimum absolute atomic E-state index is 0.0769. The fraction of sp³-hybridized carbons (Fsp3) is 0.200. The molecule has 0 bridgehead atoms. The van der Waals surface area contributed by atoms with Crippen molar-refractivity contribution >= 4 is 17.5 Å². The molecular weight excluding hydrogens is 414 g/mol. The molecule has 2 amide bonds. The van der Waals surface area contributed by atoms with E-state index in [1.807, 2.05) is 71.5 Å². The molecular formula is C25H25N7O. The SMILES string of the molecule is O=C(Nc1cccc(-c2cn(Cc3ccccc3)nn2)c1)NC1CCN(c2ccccn2)C1. The molecule has 0 saturated carbocycles. The molecule has 3 heterocycles. The molecule has 166 valence electrons. The van der Waals surface area contributed by atoms with Gasteiger partial charge >= 0.3 is 6.03 Å². The Morgan fingerprint density at radius 3 is 2.76 bits per heavy atom. The zero-order valence-electron chi connectivity index (χ0n) is 18.1. The summed E-state index contributed by atoms with van der Waals surface area (Å²) >= 11 is 0. The minimum atomic E-state index is -0.215. The lowest BCUT2D eigenvalue weighted by atomic mass is 10.1. The van der Waals surface area contributed by atoms with Crippen LogP contribution in [0.4, 0.5) is 16.3 Å². The predicted molar refractivity (Wildman–Crippen MR) is 128 cm³/mol. The van der Waals surface area contributed by atoms with Crippen LogP contribution in [0.15, 0.2) is 85.2 Å². The Bertz CT molecular complexity index is 1210. The van der Waals surface area contributed by atoms with Crippen molar-refractivity contribution in [3.05, 3.63) is 90.8 Å². The van der Waals surface area contributed by atoms with Crippen LogP contribution in [0.5, 0.6) is 0 Å². The Balaban J connectivity index is 1.18. The Kier molecular flexibility index (Phi) is 5.97. The second kappa shape index (κ2) is 9.52. The molecule has 5 rings (SSSR count). The number of hydrogen-bond acceptors (Lipinski definition) is 5. The van der Waals surface area contributed by atoms with Crippen molar-refractivity contribution in [3.8, 4) is 11.3 Å². The summed E-state index contributed by atoms with van der Waals surface area (Å²) in [5, 5.41) is 14.5. The van der Waals surface area contributed by atoms with Crippen molar-refractivity contribution in [3.63, 3.8) is 0 Å². The van der Waals surface area contributed by atoms with Crippen molar-refractivity contribution in [2.75, 3.05) is 23.3 Å². The number of pyridine rings is 1. The molecule has 2 aromatic heterocycles. The molecule has 1 atom stereocenters. The maximum absolute atomic E-state index is 12.6. The Labute approximate surface area is 192 Å². The quantitative estimate of drug-likeness (QED) is 0.477. The van der Waals surface area contributed by atoms with E-state index in [-0.39, 0.29) is 12.1 Å². The van der Waals surface area contributed by atoms with Gasteiger partial charge in [0.05, 0.1) is 12.7 Å². The standard InChI is InChI=1S/C25H25N7O/c33-25(28-22-12-14-31(17-22)24-11-4-5-13-26-24)27-21-10-6-9-20(15-21)23-18-32(30-29-23)16-19-7-2-1-3-8-19/h1-11,13,15,18,22H,12,14,16-17H2,(H2,27,28,33). The van der Waals surface area contributed by atoms with Crippen molar-refractivity contribution in [1.29, 1.82) is 0 Å². The van der Waals surface area contributed by atoms with Gasteiger partial charge in [-0.1, -0.05) is 53.7 Å². The van der Waals surface area contributed by atoms with Gasteiger partial charge in [0.1, 0.15) is 11.5 Å². The number of rotatable bonds is 6. The molecule has 1 aliphatic heterocycles. The fourth-order valence-corrected chi connectivity index (χ4v) is 4.01. The summed E-state index contributed by atoms with van der Waals surface area (Å²) < 4.78 is 1.81. The van der Waals surface area contributed by atoms with Gasteiger partial charge in [-0.2, -0.15) is 0 Å². The van der Waals surface area contributed by atoms with Gasteiger partial charge in [0, 0.05) is 36.6 Å². The molecule has 1 fully saturated rings. The number of carbonyl (C=O) groups excluding carboxylic acids is 1. The van der Waals surface area contributed by atoms with E-state index in [2.05, 4.69) is 43.0 Å². The van der Waals surface area contributed by atoms with E-state index < -0.39 is 0 Å². The first-order chi connectivity index (χ1) is 16.2. The zero-order valence-corrected chi connectivity index (χ0v) is 18.1. The first-order valence-electron chi connectivity index (χ1n) is 11.0. The van der Waals surface area contributed by atoms with Gasteiger partial charge in [0.2, 0.25) is 0 Å². The average molecular weight is 440 g/mol. The predicted octanol–water partition coefficient (Wildman–Crippen LogP) is 3.79. The third-order valence-electron chi connectivity index (χ3n) is 5.64. The lowest BCUT2D eigenvalue weighted by Crippen LogP contribution is -2.39. The van der Waals surface area contributed by atoms with Gasteiger partial charge in [0.15, 0.2) is 0 Å². The van der Waals surface area contributed by atoms with Crippen LogP contribution in [-0.2, 0) is 6.54 Å². The van der Waals surface area contributed by atoms with Crippen molar-refractivity contribution in [2.45, 2.75) is 19.0 Å². The van der Waals surface area contributed by atoms with Gasteiger partial charge in [-0.25, -0.2) is 14.5 Å². The number of aromatic nitrogens is 4. The molecule has 33 heavy (non-hydrogen) atoms. The molecule has 4 aromatic rings. The average Bonchev–Trinajstić information content (AvgIpc) is 3.50. The van der Waals surface area contributed by atoms with Gasteiger partial charge in [0.25, 0.3) is 0 Å². The first kappa shape index (κ1) is 20.7. The van der Waals surface area contributed by atoms with Crippen molar-refractivity contribution < 1.29 is 4.79 Å². The number of hydrogen-bond donors (Lipinski definition) is 2. The number of anilines is 2. The summed E-state index contributed by atoms with van der Waals surface area (Å²) in [7, 11) is 0. The summed E-state index contributed by atoms with van der Waals surface area (Å²) in [6.07, 6.45) is 4.58. The number of carbonyl (C=O) groups is 1. The molecule has 2 aromatic carbocycles. The van der Waals surface area contributed by atoms with Gasteiger partial charge in [-0.05, 0) is 36.2 Å². The van der Waals surface area contributed by atoms with E-state index in [4.69, 9.17) is 0 Å². The molecule has 1 saturated heterocycles. The highest BCUT2D eigenvalue weighted by Gasteiger charge is 2.24. The summed E-state index contributed by atoms with van der Waals surface area (Å²) in [5.41, 5.74) is 3.53. The molecule has 0 aliphatic carbocycles.